The van der Waals surface area contributed by atoms with Crippen LogP contribution in [0.2, 0.25) is 0 Å². The fraction of sp³-hybridized carbons (Fsp3) is 0.182. The summed E-state index contributed by atoms with van der Waals surface area (Å²) in [6.07, 6.45) is 1.62. The molecule has 0 bridgehead atoms. The Morgan fingerprint density at radius 2 is 1.62 bits per heavy atom. The number of nitrogens with zero attached hydrogens (tertiary/aromatic N) is 3. The molecule has 2 aromatic carbocycles. The van der Waals surface area contributed by atoms with E-state index in [1.807, 2.05) is 30.3 Å². The third-order valence-electron chi connectivity index (χ3n) is 5.01. The quantitative estimate of drug-likeness (QED) is 0.563. The van der Waals surface area contributed by atoms with E-state index in [0.29, 0.717) is 16.7 Å². The van der Waals surface area contributed by atoms with Crippen LogP contribution in [0.5, 0.6) is 0 Å². The molecule has 10 heteroatoms. The molecule has 1 amide bonds. The predicted molar refractivity (Wildman–Crippen MR) is 116 cm³/mol. The van der Waals surface area contributed by atoms with Gasteiger partial charge in [-0.3, -0.25) is 4.79 Å². The average molecular weight is 476 g/mol. The zero-order valence-corrected chi connectivity index (χ0v) is 18.5. The normalized spacial score (nSPS) is 15.0. The molecule has 1 aromatic heterocycles. The van der Waals surface area contributed by atoms with Gasteiger partial charge in [0.2, 0.25) is 10.0 Å². The first-order valence-electron chi connectivity index (χ1n) is 9.78. The summed E-state index contributed by atoms with van der Waals surface area (Å²) in [5, 5.41) is 0.570. The molecule has 1 aliphatic rings. The molecule has 0 atom stereocenters. The van der Waals surface area contributed by atoms with E-state index in [4.69, 9.17) is 0 Å². The molecule has 166 valence electrons. The topological polar surface area (TPSA) is 70.6 Å². The summed E-state index contributed by atoms with van der Waals surface area (Å²) in [6.45, 7) is 0.446. The Bertz CT molecular complexity index is 1230. The van der Waals surface area contributed by atoms with E-state index in [2.05, 4.69) is 4.98 Å². The van der Waals surface area contributed by atoms with Crippen molar-refractivity contribution in [1.82, 2.24) is 14.2 Å². The van der Waals surface area contributed by atoms with Gasteiger partial charge in [-0.2, -0.15) is 4.31 Å². The monoisotopic (exact) mass is 475 g/mol. The number of halogens is 2. The van der Waals surface area contributed by atoms with Gasteiger partial charge in [-0.05, 0) is 42.5 Å². The molecule has 0 N–H and O–H groups in total. The molecule has 0 spiro atoms. The number of piperazine rings is 1. The smallest absolute Gasteiger partial charge is 0.256 e. The van der Waals surface area contributed by atoms with Crippen molar-refractivity contribution in [1.29, 1.82) is 0 Å². The minimum Gasteiger partial charge on any atom is -0.336 e. The number of aromatic nitrogens is 1. The van der Waals surface area contributed by atoms with Crippen molar-refractivity contribution in [2.45, 2.75) is 14.8 Å². The first kappa shape index (κ1) is 22.4. The fourth-order valence-electron chi connectivity index (χ4n) is 3.32. The number of rotatable bonds is 5. The first-order chi connectivity index (χ1) is 15.4. The van der Waals surface area contributed by atoms with E-state index in [1.165, 1.54) is 16.1 Å². The average Bonchev–Trinajstić information content (AvgIpc) is 2.81. The van der Waals surface area contributed by atoms with Crippen LogP contribution in [0.3, 0.4) is 0 Å². The third-order valence-corrected chi connectivity index (χ3v) is 7.94. The summed E-state index contributed by atoms with van der Waals surface area (Å²) in [5.41, 5.74) is 0.443. The highest BCUT2D eigenvalue weighted by atomic mass is 32.2. The Balaban J connectivity index is 1.47. The van der Waals surface area contributed by atoms with E-state index in [-0.39, 0.29) is 37.0 Å². The van der Waals surface area contributed by atoms with Crippen LogP contribution in [0.1, 0.15) is 10.4 Å². The number of hydrogen-bond donors (Lipinski definition) is 0. The molecule has 1 aliphatic heterocycles. The largest absolute Gasteiger partial charge is 0.336 e. The number of hydrogen-bond acceptors (Lipinski definition) is 5. The maximum Gasteiger partial charge on any atom is 0.256 e. The van der Waals surface area contributed by atoms with Crippen LogP contribution < -0.4 is 0 Å². The summed E-state index contributed by atoms with van der Waals surface area (Å²) >= 11 is 1.38. The van der Waals surface area contributed by atoms with E-state index in [9.17, 15) is 22.0 Å². The molecular formula is C22H19F2N3O3S2. The Labute approximate surface area is 188 Å². The highest BCUT2D eigenvalue weighted by molar-refractivity contribution is 7.99. The highest BCUT2D eigenvalue weighted by Gasteiger charge is 2.31. The van der Waals surface area contributed by atoms with Gasteiger partial charge in [0.05, 0.1) is 10.5 Å². The van der Waals surface area contributed by atoms with Crippen molar-refractivity contribution < 1.29 is 22.0 Å². The molecule has 0 aliphatic carbocycles. The summed E-state index contributed by atoms with van der Waals surface area (Å²) in [5.74, 6) is -2.57. The Morgan fingerprint density at radius 3 is 2.31 bits per heavy atom. The summed E-state index contributed by atoms with van der Waals surface area (Å²) < 4.78 is 53.4. The summed E-state index contributed by atoms with van der Waals surface area (Å²) in [6, 6.07) is 15.4. The lowest BCUT2D eigenvalue weighted by atomic mass is 10.2. The van der Waals surface area contributed by atoms with Crippen molar-refractivity contribution in [3.63, 3.8) is 0 Å². The maximum absolute atomic E-state index is 13.5. The van der Waals surface area contributed by atoms with Gasteiger partial charge in [-0.25, -0.2) is 22.2 Å². The number of carbonyl (C=O) groups is 1. The van der Waals surface area contributed by atoms with Gasteiger partial charge in [0.25, 0.3) is 5.91 Å². The van der Waals surface area contributed by atoms with Crippen LogP contribution in [0.15, 0.2) is 81.7 Å². The number of sulfonamides is 1. The van der Waals surface area contributed by atoms with E-state index in [0.717, 1.165) is 17.0 Å². The van der Waals surface area contributed by atoms with Crippen LogP contribution in [0, 0.1) is 11.6 Å². The summed E-state index contributed by atoms with van der Waals surface area (Å²) in [4.78, 5) is 19.7. The molecule has 0 unspecified atom stereocenters. The zero-order valence-electron chi connectivity index (χ0n) is 16.8. The lowest BCUT2D eigenvalue weighted by Gasteiger charge is -2.34. The lowest BCUT2D eigenvalue weighted by Crippen LogP contribution is -2.50. The van der Waals surface area contributed by atoms with E-state index < -0.39 is 21.7 Å². The molecular weight excluding hydrogens is 456 g/mol. The Morgan fingerprint density at radius 1 is 0.906 bits per heavy atom. The van der Waals surface area contributed by atoms with Gasteiger partial charge in [0.15, 0.2) is 11.6 Å². The molecule has 2 heterocycles. The van der Waals surface area contributed by atoms with Crippen LogP contribution >= 0.6 is 11.8 Å². The standard InChI is InChI=1S/C22H19F2N3O3S2/c23-19-9-8-17(15-20(19)24)32(29,30)27-13-11-26(12-14-27)22(28)18-7-4-10-25-21(18)31-16-5-2-1-3-6-16/h1-10,15H,11-14H2. The van der Waals surface area contributed by atoms with Crippen molar-refractivity contribution in [3.05, 3.63) is 84.1 Å². The van der Waals surface area contributed by atoms with Gasteiger partial charge in [-0.15, -0.1) is 0 Å². The second kappa shape index (κ2) is 9.35. The van der Waals surface area contributed by atoms with Gasteiger partial charge in [0, 0.05) is 37.3 Å². The fourth-order valence-corrected chi connectivity index (χ4v) is 5.65. The van der Waals surface area contributed by atoms with Crippen molar-refractivity contribution in [2.75, 3.05) is 26.2 Å². The van der Waals surface area contributed by atoms with Crippen LogP contribution in [0.4, 0.5) is 8.78 Å². The SMILES string of the molecule is O=C(c1cccnc1Sc1ccccc1)N1CCN(S(=O)(=O)c2ccc(F)c(F)c2)CC1. The second-order valence-corrected chi connectivity index (χ2v) is 10.0. The minimum absolute atomic E-state index is 0.0501. The van der Waals surface area contributed by atoms with Gasteiger partial charge >= 0.3 is 0 Å². The van der Waals surface area contributed by atoms with Crippen LogP contribution in [-0.2, 0) is 10.0 Å². The lowest BCUT2D eigenvalue weighted by molar-refractivity contribution is 0.0693. The Hall–Kier alpha value is -2.82. The molecule has 0 radical (unpaired) electrons. The molecule has 3 aromatic rings. The number of amides is 1. The number of benzene rings is 2. The third kappa shape index (κ3) is 4.67. The zero-order chi connectivity index (χ0) is 22.7. The molecule has 1 saturated heterocycles. The number of pyridine rings is 1. The summed E-state index contributed by atoms with van der Waals surface area (Å²) in [7, 11) is -3.99. The maximum atomic E-state index is 13.5. The van der Waals surface area contributed by atoms with Crippen LogP contribution in [0.25, 0.3) is 0 Å². The van der Waals surface area contributed by atoms with E-state index >= 15 is 0 Å². The molecule has 4 rings (SSSR count). The van der Waals surface area contributed by atoms with Crippen molar-refractivity contribution in [3.8, 4) is 0 Å². The molecule has 6 nitrogen and oxygen atoms in total. The van der Waals surface area contributed by atoms with Gasteiger partial charge < -0.3 is 4.90 Å². The van der Waals surface area contributed by atoms with Gasteiger partial charge in [-0.1, -0.05) is 30.0 Å². The van der Waals surface area contributed by atoms with E-state index in [1.54, 1.807) is 23.2 Å². The predicted octanol–water partition coefficient (Wildman–Crippen LogP) is 3.66. The molecule has 1 fully saturated rings. The second-order valence-electron chi connectivity index (χ2n) is 7.04. The van der Waals surface area contributed by atoms with Gasteiger partial charge in [0.1, 0.15) is 5.03 Å². The number of carbonyl (C=O) groups excluding carboxylic acids is 1. The molecule has 32 heavy (non-hydrogen) atoms. The van der Waals surface area contributed by atoms with Crippen molar-refractivity contribution in [2.24, 2.45) is 0 Å². The van der Waals surface area contributed by atoms with Crippen LogP contribution in [-0.4, -0.2) is 54.7 Å². The molecule has 0 saturated carbocycles. The van der Waals surface area contributed by atoms with Crippen molar-refractivity contribution >= 4 is 27.7 Å². The Kier molecular flexibility index (Phi) is 6.54. The first-order valence-corrected chi connectivity index (χ1v) is 12.0. The highest BCUT2D eigenvalue weighted by Crippen LogP contribution is 2.29. The minimum atomic E-state index is -3.99.